The van der Waals surface area contributed by atoms with Crippen molar-refractivity contribution < 1.29 is 9.53 Å². The van der Waals surface area contributed by atoms with Crippen LogP contribution in [0.15, 0.2) is 4.79 Å². The zero-order valence-corrected chi connectivity index (χ0v) is 13.9. The van der Waals surface area contributed by atoms with E-state index in [9.17, 15) is 9.59 Å². The average Bonchev–Trinajstić information content (AvgIpc) is 2.66. The third kappa shape index (κ3) is 2.93. The van der Waals surface area contributed by atoms with E-state index >= 15 is 0 Å². The SMILES string of the molecule is Cc1c(C(=O)OC(C)C)sc2nc(CCBr)[nH]c(=O)c12. The maximum atomic E-state index is 12.1. The molecule has 0 atom stereocenters. The Kier molecular flexibility index (Phi) is 4.59. The fourth-order valence-electron chi connectivity index (χ4n) is 1.86. The van der Waals surface area contributed by atoms with Gasteiger partial charge in [-0.25, -0.2) is 9.78 Å². The van der Waals surface area contributed by atoms with E-state index in [1.165, 1.54) is 11.3 Å². The maximum Gasteiger partial charge on any atom is 0.348 e. The minimum atomic E-state index is -0.401. The number of halogens is 1. The molecule has 2 aromatic heterocycles. The molecule has 0 bridgehead atoms. The molecule has 2 rings (SSSR count). The van der Waals surface area contributed by atoms with E-state index in [1.54, 1.807) is 20.8 Å². The van der Waals surface area contributed by atoms with E-state index in [0.717, 1.165) is 0 Å². The van der Waals surface area contributed by atoms with Gasteiger partial charge in [-0.1, -0.05) is 15.9 Å². The van der Waals surface area contributed by atoms with Crippen LogP contribution in [0.1, 0.15) is 34.9 Å². The largest absolute Gasteiger partial charge is 0.459 e. The van der Waals surface area contributed by atoms with Gasteiger partial charge in [-0.3, -0.25) is 4.79 Å². The fourth-order valence-corrected chi connectivity index (χ4v) is 3.32. The Morgan fingerprint density at radius 2 is 2.20 bits per heavy atom. The first-order chi connectivity index (χ1) is 9.43. The number of ether oxygens (including phenoxy) is 1. The van der Waals surface area contributed by atoms with Gasteiger partial charge in [0.25, 0.3) is 5.56 Å². The summed E-state index contributed by atoms with van der Waals surface area (Å²) in [4.78, 5) is 32.3. The summed E-state index contributed by atoms with van der Waals surface area (Å²) in [5.41, 5.74) is 0.429. The van der Waals surface area contributed by atoms with Crippen molar-refractivity contribution in [1.82, 2.24) is 9.97 Å². The smallest absolute Gasteiger partial charge is 0.348 e. The van der Waals surface area contributed by atoms with Crippen LogP contribution in [0.25, 0.3) is 10.2 Å². The standard InChI is InChI=1S/C13H15BrN2O3S/c1-6(2)19-13(18)10-7(3)9-11(17)15-8(4-5-14)16-12(9)20-10/h6H,4-5H2,1-3H3,(H,15,16,17). The number of carbonyl (C=O) groups is 1. The molecule has 0 fully saturated rings. The molecule has 20 heavy (non-hydrogen) atoms. The molecule has 0 saturated carbocycles. The Morgan fingerprint density at radius 3 is 2.80 bits per heavy atom. The van der Waals surface area contributed by atoms with Crippen LogP contribution in [0.5, 0.6) is 0 Å². The zero-order valence-electron chi connectivity index (χ0n) is 11.4. The van der Waals surface area contributed by atoms with Crippen LogP contribution in [0.2, 0.25) is 0 Å². The first-order valence-corrected chi connectivity index (χ1v) is 8.17. The van der Waals surface area contributed by atoms with Crippen molar-refractivity contribution in [1.29, 1.82) is 0 Å². The molecule has 7 heteroatoms. The maximum absolute atomic E-state index is 12.1. The second-order valence-electron chi connectivity index (χ2n) is 4.64. The second-order valence-corrected chi connectivity index (χ2v) is 6.43. The Morgan fingerprint density at radius 1 is 1.50 bits per heavy atom. The van der Waals surface area contributed by atoms with Crippen molar-refractivity contribution in [2.24, 2.45) is 0 Å². The van der Waals surface area contributed by atoms with Crippen molar-refractivity contribution in [3.63, 3.8) is 0 Å². The summed E-state index contributed by atoms with van der Waals surface area (Å²) in [7, 11) is 0. The number of H-pyrrole nitrogens is 1. The molecule has 0 amide bonds. The molecule has 0 spiro atoms. The molecule has 2 heterocycles. The number of alkyl halides is 1. The van der Waals surface area contributed by atoms with Crippen molar-refractivity contribution >= 4 is 43.5 Å². The normalized spacial score (nSPS) is 11.2. The highest BCUT2D eigenvalue weighted by Crippen LogP contribution is 2.27. The summed E-state index contributed by atoms with van der Waals surface area (Å²) in [6.07, 6.45) is 0.441. The molecule has 0 saturated heterocycles. The number of thiophene rings is 1. The van der Waals surface area contributed by atoms with E-state index in [0.29, 0.717) is 38.2 Å². The van der Waals surface area contributed by atoms with Crippen molar-refractivity contribution in [2.45, 2.75) is 33.3 Å². The van der Waals surface area contributed by atoms with Gasteiger partial charge in [0.15, 0.2) is 0 Å². The highest BCUT2D eigenvalue weighted by Gasteiger charge is 2.20. The first-order valence-electron chi connectivity index (χ1n) is 6.23. The third-order valence-corrected chi connectivity index (χ3v) is 4.27. The summed E-state index contributed by atoms with van der Waals surface area (Å²) in [5.74, 6) is 0.214. The van der Waals surface area contributed by atoms with Crippen LogP contribution in [0, 0.1) is 6.92 Å². The van der Waals surface area contributed by atoms with Crippen LogP contribution in [0.4, 0.5) is 0 Å². The van der Waals surface area contributed by atoms with Crippen LogP contribution in [-0.4, -0.2) is 27.4 Å². The van der Waals surface area contributed by atoms with Gasteiger partial charge in [-0.05, 0) is 26.3 Å². The van der Waals surface area contributed by atoms with Crippen molar-refractivity contribution in [2.75, 3.05) is 5.33 Å². The van der Waals surface area contributed by atoms with Gasteiger partial charge in [0.05, 0.1) is 11.5 Å². The molecule has 0 unspecified atom stereocenters. The zero-order chi connectivity index (χ0) is 14.9. The number of fused-ring (bicyclic) bond motifs is 1. The van der Waals surface area contributed by atoms with Crippen LogP contribution >= 0.6 is 27.3 Å². The predicted molar refractivity (Wildman–Crippen MR) is 83.0 cm³/mol. The van der Waals surface area contributed by atoms with E-state index < -0.39 is 5.97 Å². The van der Waals surface area contributed by atoms with Gasteiger partial charge in [0.2, 0.25) is 0 Å². The van der Waals surface area contributed by atoms with Gasteiger partial charge in [0, 0.05) is 11.8 Å². The summed E-state index contributed by atoms with van der Waals surface area (Å²) >= 11 is 4.52. The van der Waals surface area contributed by atoms with Crippen LogP contribution < -0.4 is 5.56 Å². The Balaban J connectivity index is 2.54. The minimum absolute atomic E-state index is 0.192. The fraction of sp³-hybridized carbons (Fsp3) is 0.462. The molecular formula is C13H15BrN2O3S. The number of hydrogen-bond donors (Lipinski definition) is 1. The van der Waals surface area contributed by atoms with E-state index in [-0.39, 0.29) is 11.7 Å². The Bertz CT molecular complexity index is 705. The van der Waals surface area contributed by atoms with Crippen LogP contribution in [0.3, 0.4) is 0 Å². The molecule has 0 aliphatic heterocycles. The van der Waals surface area contributed by atoms with Gasteiger partial charge < -0.3 is 9.72 Å². The molecule has 0 aromatic carbocycles. The Labute approximate surface area is 128 Å². The molecule has 5 nitrogen and oxygen atoms in total. The molecule has 1 N–H and O–H groups in total. The number of rotatable bonds is 4. The lowest BCUT2D eigenvalue weighted by atomic mass is 10.2. The highest BCUT2D eigenvalue weighted by molar-refractivity contribution is 9.09. The second kappa shape index (κ2) is 6.05. The lowest BCUT2D eigenvalue weighted by Gasteiger charge is -2.06. The number of nitrogens with zero attached hydrogens (tertiary/aromatic N) is 1. The minimum Gasteiger partial charge on any atom is -0.459 e. The third-order valence-electron chi connectivity index (χ3n) is 2.71. The van der Waals surface area contributed by atoms with Gasteiger partial charge in [-0.2, -0.15) is 0 Å². The lowest BCUT2D eigenvalue weighted by Crippen LogP contribution is -2.13. The molecule has 108 valence electrons. The topological polar surface area (TPSA) is 72.0 Å². The summed E-state index contributed by atoms with van der Waals surface area (Å²) in [6, 6.07) is 0. The van der Waals surface area contributed by atoms with Crippen molar-refractivity contribution in [3.05, 3.63) is 26.6 Å². The number of nitrogens with one attached hydrogen (secondary N) is 1. The molecular weight excluding hydrogens is 344 g/mol. The quantitative estimate of drug-likeness (QED) is 0.673. The van der Waals surface area contributed by atoms with E-state index in [2.05, 4.69) is 25.9 Å². The predicted octanol–water partition coefficient (Wildman–Crippen LogP) is 2.80. The van der Waals surface area contributed by atoms with E-state index in [1.807, 2.05) is 0 Å². The molecule has 2 aromatic rings. The lowest BCUT2D eigenvalue weighted by molar-refractivity contribution is 0.0383. The number of aromatic amines is 1. The van der Waals surface area contributed by atoms with E-state index in [4.69, 9.17) is 4.74 Å². The van der Waals surface area contributed by atoms with Gasteiger partial charge in [-0.15, -0.1) is 11.3 Å². The van der Waals surface area contributed by atoms with Gasteiger partial charge in [0.1, 0.15) is 15.5 Å². The van der Waals surface area contributed by atoms with Crippen molar-refractivity contribution in [3.8, 4) is 0 Å². The average molecular weight is 359 g/mol. The summed E-state index contributed by atoms with van der Waals surface area (Å²) in [6.45, 7) is 5.33. The summed E-state index contributed by atoms with van der Waals surface area (Å²) < 4.78 is 5.19. The van der Waals surface area contributed by atoms with Gasteiger partial charge >= 0.3 is 5.97 Å². The number of aryl methyl sites for hydroxylation is 2. The first kappa shape index (κ1) is 15.2. The number of esters is 1. The number of carbonyl (C=O) groups excluding carboxylic acids is 1. The molecule has 0 aliphatic rings. The number of aromatic nitrogens is 2. The molecule has 0 aliphatic carbocycles. The number of hydrogen-bond acceptors (Lipinski definition) is 5. The monoisotopic (exact) mass is 358 g/mol. The highest BCUT2D eigenvalue weighted by atomic mass is 79.9. The molecule has 0 radical (unpaired) electrons. The van der Waals surface area contributed by atoms with Crippen LogP contribution in [-0.2, 0) is 11.2 Å². The summed E-state index contributed by atoms with van der Waals surface area (Å²) in [5, 5.41) is 1.19. The Hall–Kier alpha value is -1.21.